The van der Waals surface area contributed by atoms with Crippen LogP contribution in [0.2, 0.25) is 0 Å². The number of hydrogen-bond donors (Lipinski definition) is 1. The van der Waals surface area contributed by atoms with Gasteiger partial charge < -0.3 is 10.2 Å². The van der Waals surface area contributed by atoms with Gasteiger partial charge in [0.1, 0.15) is 5.82 Å². The molecule has 24 heavy (non-hydrogen) atoms. The van der Waals surface area contributed by atoms with Crippen LogP contribution in [-0.2, 0) is 4.79 Å². The molecule has 0 bridgehead atoms. The molecule has 0 saturated carbocycles. The highest BCUT2D eigenvalue weighted by atomic mass is 16.2. The summed E-state index contributed by atoms with van der Waals surface area (Å²) in [4.78, 5) is 21.9. The summed E-state index contributed by atoms with van der Waals surface area (Å²) in [6, 6.07) is 6.56. The van der Waals surface area contributed by atoms with E-state index in [0.29, 0.717) is 6.04 Å². The number of nitrogens with one attached hydrogen (secondary N) is 1. The number of pyridine rings is 1. The van der Waals surface area contributed by atoms with E-state index < -0.39 is 0 Å². The maximum atomic E-state index is 12.7. The Kier molecular flexibility index (Phi) is 5.72. The standard InChI is InChI=1S/C19H30N4O/c1-3-22-12-5-4-8-17(22)19(24)21-16-10-13-23(14-11-16)18-9-6-7-15(2)20-18/h6-7,9,16-17H,3-5,8,10-14H2,1-2H3,(H,21,24)/t17-/m0/s1. The van der Waals surface area contributed by atoms with Crippen molar-refractivity contribution in [3.05, 3.63) is 23.9 Å². The van der Waals surface area contributed by atoms with Gasteiger partial charge in [0, 0.05) is 24.8 Å². The molecule has 5 heteroatoms. The highest BCUT2D eigenvalue weighted by Crippen LogP contribution is 2.20. The number of aryl methyl sites for hydroxylation is 1. The average Bonchev–Trinajstić information content (AvgIpc) is 2.62. The van der Waals surface area contributed by atoms with Gasteiger partial charge in [-0.1, -0.05) is 19.4 Å². The molecule has 3 heterocycles. The zero-order chi connectivity index (χ0) is 16.9. The van der Waals surface area contributed by atoms with Crippen LogP contribution in [-0.4, -0.2) is 54.1 Å². The quantitative estimate of drug-likeness (QED) is 0.921. The average molecular weight is 330 g/mol. The molecule has 0 radical (unpaired) electrons. The molecule has 5 nitrogen and oxygen atoms in total. The molecular formula is C19H30N4O. The minimum Gasteiger partial charge on any atom is -0.356 e. The molecule has 0 spiro atoms. The van der Waals surface area contributed by atoms with Crippen molar-refractivity contribution >= 4 is 11.7 Å². The number of aromatic nitrogens is 1. The Morgan fingerprint density at radius 1 is 1.21 bits per heavy atom. The van der Waals surface area contributed by atoms with E-state index in [0.717, 1.165) is 57.0 Å². The van der Waals surface area contributed by atoms with Gasteiger partial charge in [0.2, 0.25) is 5.91 Å². The molecular weight excluding hydrogens is 300 g/mol. The molecule has 0 unspecified atom stereocenters. The first-order valence-electron chi connectivity index (χ1n) is 9.40. The van der Waals surface area contributed by atoms with E-state index in [9.17, 15) is 4.79 Å². The summed E-state index contributed by atoms with van der Waals surface area (Å²) in [6.45, 7) is 8.13. The van der Waals surface area contributed by atoms with Crippen LogP contribution in [0.4, 0.5) is 5.82 Å². The van der Waals surface area contributed by atoms with Crippen LogP contribution >= 0.6 is 0 Å². The van der Waals surface area contributed by atoms with Gasteiger partial charge in [-0.3, -0.25) is 9.69 Å². The van der Waals surface area contributed by atoms with Crippen molar-refractivity contribution in [2.45, 2.75) is 58.0 Å². The van der Waals surface area contributed by atoms with Crippen molar-refractivity contribution in [2.75, 3.05) is 31.1 Å². The summed E-state index contributed by atoms with van der Waals surface area (Å²) in [5.74, 6) is 1.30. The Labute approximate surface area is 145 Å². The van der Waals surface area contributed by atoms with Gasteiger partial charge in [0.25, 0.3) is 0 Å². The number of piperidine rings is 2. The Hall–Kier alpha value is -1.62. The lowest BCUT2D eigenvalue weighted by Crippen LogP contribution is -2.53. The van der Waals surface area contributed by atoms with E-state index in [1.807, 2.05) is 13.0 Å². The van der Waals surface area contributed by atoms with Gasteiger partial charge in [-0.25, -0.2) is 4.98 Å². The third-order valence-corrected chi connectivity index (χ3v) is 5.36. The first-order chi connectivity index (χ1) is 11.7. The lowest BCUT2D eigenvalue weighted by atomic mass is 9.99. The Morgan fingerprint density at radius 2 is 2.00 bits per heavy atom. The number of carbonyl (C=O) groups excluding carboxylic acids is 1. The minimum atomic E-state index is 0.0835. The van der Waals surface area contributed by atoms with Crippen molar-refractivity contribution in [2.24, 2.45) is 0 Å². The second-order valence-electron chi connectivity index (χ2n) is 7.05. The van der Waals surface area contributed by atoms with Crippen LogP contribution in [0, 0.1) is 6.92 Å². The predicted molar refractivity (Wildman–Crippen MR) is 97.2 cm³/mol. The maximum absolute atomic E-state index is 12.7. The minimum absolute atomic E-state index is 0.0835. The van der Waals surface area contributed by atoms with Crippen LogP contribution < -0.4 is 10.2 Å². The van der Waals surface area contributed by atoms with E-state index >= 15 is 0 Å². The molecule has 2 saturated heterocycles. The largest absolute Gasteiger partial charge is 0.356 e. The number of likely N-dealkylation sites (N-methyl/N-ethyl adjacent to an activating group) is 1. The molecule has 3 rings (SSSR count). The summed E-state index contributed by atoms with van der Waals surface area (Å²) in [6.07, 6.45) is 5.40. The summed E-state index contributed by atoms with van der Waals surface area (Å²) in [5.41, 5.74) is 1.06. The molecule has 2 aliphatic rings. The van der Waals surface area contributed by atoms with E-state index in [1.165, 1.54) is 12.8 Å². The monoisotopic (exact) mass is 330 g/mol. The number of anilines is 1. The molecule has 2 aliphatic heterocycles. The van der Waals surface area contributed by atoms with E-state index in [2.05, 4.69) is 39.2 Å². The van der Waals surface area contributed by atoms with Gasteiger partial charge in [-0.05, 0) is 57.8 Å². The summed E-state index contributed by atoms with van der Waals surface area (Å²) >= 11 is 0. The van der Waals surface area contributed by atoms with Crippen molar-refractivity contribution < 1.29 is 4.79 Å². The first-order valence-corrected chi connectivity index (χ1v) is 9.40. The third kappa shape index (κ3) is 4.07. The zero-order valence-electron chi connectivity index (χ0n) is 15.0. The van der Waals surface area contributed by atoms with Crippen LogP contribution in [0.5, 0.6) is 0 Å². The fourth-order valence-corrected chi connectivity index (χ4v) is 3.92. The SMILES string of the molecule is CCN1CCCC[C@H]1C(=O)NC1CCN(c2cccc(C)n2)CC1. The van der Waals surface area contributed by atoms with Crippen molar-refractivity contribution in [1.29, 1.82) is 0 Å². The fraction of sp³-hybridized carbons (Fsp3) is 0.684. The number of likely N-dealkylation sites (tertiary alicyclic amines) is 1. The normalized spacial score (nSPS) is 23.2. The summed E-state index contributed by atoms with van der Waals surface area (Å²) < 4.78 is 0. The van der Waals surface area contributed by atoms with Crippen LogP contribution in [0.15, 0.2) is 18.2 Å². The van der Waals surface area contributed by atoms with E-state index in [4.69, 9.17) is 0 Å². The highest BCUT2D eigenvalue weighted by Gasteiger charge is 2.30. The van der Waals surface area contributed by atoms with Crippen LogP contribution in [0.3, 0.4) is 0 Å². The van der Waals surface area contributed by atoms with E-state index in [-0.39, 0.29) is 11.9 Å². The molecule has 1 aromatic heterocycles. The number of hydrogen-bond acceptors (Lipinski definition) is 4. The highest BCUT2D eigenvalue weighted by molar-refractivity contribution is 5.82. The van der Waals surface area contributed by atoms with Gasteiger partial charge >= 0.3 is 0 Å². The summed E-state index contributed by atoms with van der Waals surface area (Å²) in [7, 11) is 0. The molecule has 1 N–H and O–H groups in total. The zero-order valence-corrected chi connectivity index (χ0v) is 15.0. The molecule has 132 valence electrons. The number of nitrogens with zero attached hydrogens (tertiary/aromatic N) is 3. The van der Waals surface area contributed by atoms with Gasteiger partial charge in [0.05, 0.1) is 6.04 Å². The topological polar surface area (TPSA) is 48.5 Å². The summed E-state index contributed by atoms with van der Waals surface area (Å²) in [5, 5.41) is 3.31. The molecule has 0 aromatic carbocycles. The lowest BCUT2D eigenvalue weighted by Gasteiger charge is -2.37. The molecule has 1 atom stereocenters. The van der Waals surface area contributed by atoms with Gasteiger partial charge in [0.15, 0.2) is 0 Å². The fourth-order valence-electron chi connectivity index (χ4n) is 3.92. The number of rotatable bonds is 4. The number of amides is 1. The second-order valence-corrected chi connectivity index (χ2v) is 7.05. The Bertz CT molecular complexity index is 554. The van der Waals surface area contributed by atoms with Gasteiger partial charge in [-0.15, -0.1) is 0 Å². The van der Waals surface area contributed by atoms with Crippen LogP contribution in [0.1, 0.15) is 44.7 Å². The molecule has 1 aromatic rings. The van der Waals surface area contributed by atoms with Crippen LogP contribution in [0.25, 0.3) is 0 Å². The van der Waals surface area contributed by atoms with Crippen molar-refractivity contribution in [1.82, 2.24) is 15.2 Å². The second kappa shape index (κ2) is 7.97. The number of carbonyl (C=O) groups is 1. The molecule has 2 fully saturated rings. The lowest BCUT2D eigenvalue weighted by molar-refractivity contribution is -0.128. The molecule has 0 aliphatic carbocycles. The maximum Gasteiger partial charge on any atom is 0.237 e. The predicted octanol–water partition coefficient (Wildman–Crippen LogP) is 2.35. The first kappa shape index (κ1) is 17.2. The smallest absolute Gasteiger partial charge is 0.237 e. The Balaban J connectivity index is 1.50. The van der Waals surface area contributed by atoms with Gasteiger partial charge in [-0.2, -0.15) is 0 Å². The molecule has 1 amide bonds. The Morgan fingerprint density at radius 3 is 2.71 bits per heavy atom. The van der Waals surface area contributed by atoms with E-state index in [1.54, 1.807) is 0 Å². The van der Waals surface area contributed by atoms with Crippen molar-refractivity contribution in [3.63, 3.8) is 0 Å². The van der Waals surface area contributed by atoms with Crippen molar-refractivity contribution in [3.8, 4) is 0 Å². The third-order valence-electron chi connectivity index (χ3n) is 5.36.